The van der Waals surface area contributed by atoms with Gasteiger partial charge >= 0.3 is 0 Å². The van der Waals surface area contributed by atoms with E-state index in [2.05, 4.69) is 37.6 Å². The predicted octanol–water partition coefficient (Wildman–Crippen LogP) is 2.17. The lowest BCUT2D eigenvalue weighted by Crippen LogP contribution is -2.55. The van der Waals surface area contributed by atoms with E-state index in [1.54, 1.807) is 0 Å². The van der Waals surface area contributed by atoms with Gasteiger partial charge in [0.15, 0.2) is 0 Å². The van der Waals surface area contributed by atoms with Crippen LogP contribution in [-0.4, -0.2) is 55.1 Å². The Kier molecular flexibility index (Phi) is 6.61. The Hall–Kier alpha value is -0.120. The highest BCUT2D eigenvalue weighted by Gasteiger charge is 2.36. The number of nitrogens with two attached hydrogens (primary N) is 1. The van der Waals surface area contributed by atoms with E-state index in [0.717, 1.165) is 19.0 Å². The molecule has 0 saturated carbocycles. The van der Waals surface area contributed by atoms with Gasteiger partial charge in [0.25, 0.3) is 0 Å². The fourth-order valence-electron chi connectivity index (χ4n) is 3.13. The lowest BCUT2D eigenvalue weighted by atomic mass is 9.87. The Morgan fingerprint density at radius 3 is 2.56 bits per heavy atom. The molecule has 1 saturated heterocycles. The zero-order valence-corrected chi connectivity index (χ0v) is 12.9. The first-order chi connectivity index (χ1) is 8.57. The summed E-state index contributed by atoms with van der Waals surface area (Å²) in [5, 5.41) is 0. The van der Waals surface area contributed by atoms with Crippen LogP contribution >= 0.6 is 0 Å². The normalized spacial score (nSPS) is 28.3. The zero-order valence-electron chi connectivity index (χ0n) is 12.9. The van der Waals surface area contributed by atoms with Crippen molar-refractivity contribution in [3.8, 4) is 0 Å². The standard InChI is InChI=1S/C15H33N3/c1-5-14(3)12-18(6-2)15(13-16)8-7-10-17(4)11-9-15/h14H,5-13,16H2,1-4H3. The average molecular weight is 255 g/mol. The van der Waals surface area contributed by atoms with Gasteiger partial charge in [0.1, 0.15) is 0 Å². The van der Waals surface area contributed by atoms with Gasteiger partial charge in [-0.2, -0.15) is 0 Å². The number of hydrogen-bond acceptors (Lipinski definition) is 3. The Bertz CT molecular complexity index is 232. The van der Waals surface area contributed by atoms with Crippen molar-refractivity contribution in [2.24, 2.45) is 11.7 Å². The molecule has 1 fully saturated rings. The van der Waals surface area contributed by atoms with Gasteiger partial charge in [-0.25, -0.2) is 0 Å². The average Bonchev–Trinajstić information content (AvgIpc) is 2.58. The molecule has 2 atom stereocenters. The van der Waals surface area contributed by atoms with Gasteiger partial charge in [-0.3, -0.25) is 4.90 Å². The minimum atomic E-state index is 0.253. The van der Waals surface area contributed by atoms with Crippen molar-refractivity contribution in [2.45, 2.75) is 52.0 Å². The minimum absolute atomic E-state index is 0.253. The quantitative estimate of drug-likeness (QED) is 0.789. The second kappa shape index (κ2) is 7.46. The van der Waals surface area contributed by atoms with Gasteiger partial charge in [0.2, 0.25) is 0 Å². The molecule has 108 valence electrons. The van der Waals surface area contributed by atoms with Crippen LogP contribution in [0.15, 0.2) is 0 Å². The van der Waals surface area contributed by atoms with Crippen LogP contribution in [0.1, 0.15) is 46.5 Å². The molecule has 0 amide bonds. The summed E-state index contributed by atoms with van der Waals surface area (Å²) < 4.78 is 0. The predicted molar refractivity (Wildman–Crippen MR) is 79.8 cm³/mol. The molecule has 2 unspecified atom stereocenters. The van der Waals surface area contributed by atoms with Crippen LogP contribution in [0.2, 0.25) is 0 Å². The number of rotatable bonds is 6. The molecule has 0 spiro atoms. The molecule has 0 aliphatic carbocycles. The van der Waals surface area contributed by atoms with Crippen LogP contribution in [0.25, 0.3) is 0 Å². The van der Waals surface area contributed by atoms with E-state index in [1.165, 1.54) is 45.3 Å². The fourth-order valence-corrected chi connectivity index (χ4v) is 3.13. The Morgan fingerprint density at radius 1 is 1.28 bits per heavy atom. The molecule has 0 aromatic heterocycles. The molecule has 0 aromatic carbocycles. The van der Waals surface area contributed by atoms with Crippen molar-refractivity contribution in [3.05, 3.63) is 0 Å². The van der Waals surface area contributed by atoms with E-state index < -0.39 is 0 Å². The summed E-state index contributed by atoms with van der Waals surface area (Å²) in [6, 6.07) is 0. The van der Waals surface area contributed by atoms with Crippen LogP contribution in [0.5, 0.6) is 0 Å². The smallest absolute Gasteiger partial charge is 0.0344 e. The van der Waals surface area contributed by atoms with Crippen LogP contribution in [0.3, 0.4) is 0 Å². The molecule has 3 nitrogen and oxygen atoms in total. The lowest BCUT2D eigenvalue weighted by Gasteiger charge is -2.44. The summed E-state index contributed by atoms with van der Waals surface area (Å²) in [5.74, 6) is 0.773. The maximum absolute atomic E-state index is 6.19. The van der Waals surface area contributed by atoms with Crippen molar-refractivity contribution in [2.75, 3.05) is 39.8 Å². The van der Waals surface area contributed by atoms with Gasteiger partial charge in [-0.05, 0) is 51.9 Å². The van der Waals surface area contributed by atoms with Crippen LogP contribution in [0, 0.1) is 5.92 Å². The van der Waals surface area contributed by atoms with Crippen molar-refractivity contribution in [3.63, 3.8) is 0 Å². The molecule has 18 heavy (non-hydrogen) atoms. The van der Waals surface area contributed by atoms with Crippen molar-refractivity contribution in [1.29, 1.82) is 0 Å². The molecule has 2 N–H and O–H groups in total. The molecule has 1 heterocycles. The van der Waals surface area contributed by atoms with E-state index in [1.807, 2.05) is 0 Å². The number of nitrogens with zero attached hydrogens (tertiary/aromatic N) is 2. The molecular weight excluding hydrogens is 222 g/mol. The van der Waals surface area contributed by atoms with Gasteiger partial charge in [0, 0.05) is 18.6 Å². The summed E-state index contributed by atoms with van der Waals surface area (Å²) in [6.45, 7) is 12.5. The highest BCUT2D eigenvalue weighted by molar-refractivity contribution is 4.94. The van der Waals surface area contributed by atoms with Crippen LogP contribution in [-0.2, 0) is 0 Å². The molecule has 0 aromatic rings. The SMILES string of the molecule is CCC(C)CN(CC)C1(CN)CCCN(C)CC1. The van der Waals surface area contributed by atoms with Crippen molar-refractivity contribution >= 4 is 0 Å². The Morgan fingerprint density at radius 2 is 2.00 bits per heavy atom. The molecule has 1 rings (SSSR count). The lowest BCUT2D eigenvalue weighted by molar-refractivity contribution is 0.0690. The molecule has 1 aliphatic rings. The number of likely N-dealkylation sites (tertiary alicyclic amines) is 1. The maximum atomic E-state index is 6.19. The van der Waals surface area contributed by atoms with E-state index >= 15 is 0 Å². The summed E-state index contributed by atoms with van der Waals surface area (Å²) in [6.07, 6.45) is 5.03. The van der Waals surface area contributed by atoms with Gasteiger partial charge in [0.05, 0.1) is 0 Å². The largest absolute Gasteiger partial charge is 0.329 e. The third-order valence-corrected chi connectivity index (χ3v) is 4.80. The molecular formula is C15H33N3. The first-order valence-corrected chi connectivity index (χ1v) is 7.71. The zero-order chi connectivity index (χ0) is 13.6. The maximum Gasteiger partial charge on any atom is 0.0344 e. The fraction of sp³-hybridized carbons (Fsp3) is 1.00. The summed E-state index contributed by atoms with van der Waals surface area (Å²) in [7, 11) is 2.23. The highest BCUT2D eigenvalue weighted by atomic mass is 15.2. The third-order valence-electron chi connectivity index (χ3n) is 4.80. The van der Waals surface area contributed by atoms with Gasteiger partial charge in [-0.1, -0.05) is 27.2 Å². The van der Waals surface area contributed by atoms with Crippen LogP contribution in [0.4, 0.5) is 0 Å². The molecule has 0 radical (unpaired) electrons. The topological polar surface area (TPSA) is 32.5 Å². The third kappa shape index (κ3) is 3.94. The molecule has 3 heteroatoms. The minimum Gasteiger partial charge on any atom is -0.329 e. The first kappa shape index (κ1) is 15.9. The van der Waals surface area contributed by atoms with Gasteiger partial charge in [-0.15, -0.1) is 0 Å². The highest BCUT2D eigenvalue weighted by Crippen LogP contribution is 2.29. The van der Waals surface area contributed by atoms with Crippen molar-refractivity contribution in [1.82, 2.24) is 9.80 Å². The Balaban J connectivity index is 2.75. The van der Waals surface area contributed by atoms with Crippen LogP contribution < -0.4 is 5.73 Å². The van der Waals surface area contributed by atoms with Gasteiger partial charge < -0.3 is 10.6 Å². The second-order valence-electron chi connectivity index (χ2n) is 6.14. The van der Waals surface area contributed by atoms with E-state index in [-0.39, 0.29) is 5.54 Å². The van der Waals surface area contributed by atoms with Crippen molar-refractivity contribution < 1.29 is 0 Å². The van der Waals surface area contributed by atoms with E-state index in [4.69, 9.17) is 5.73 Å². The number of hydrogen-bond donors (Lipinski definition) is 1. The molecule has 0 bridgehead atoms. The molecule has 1 aliphatic heterocycles. The monoisotopic (exact) mass is 255 g/mol. The first-order valence-electron chi connectivity index (χ1n) is 7.71. The summed E-state index contributed by atoms with van der Waals surface area (Å²) >= 11 is 0. The van der Waals surface area contributed by atoms with E-state index in [9.17, 15) is 0 Å². The second-order valence-corrected chi connectivity index (χ2v) is 6.14. The Labute approximate surface area is 114 Å². The summed E-state index contributed by atoms with van der Waals surface area (Å²) in [4.78, 5) is 5.12. The summed E-state index contributed by atoms with van der Waals surface area (Å²) in [5.41, 5.74) is 6.44. The van der Waals surface area contributed by atoms with E-state index in [0.29, 0.717) is 0 Å². The number of likely N-dealkylation sites (N-methyl/N-ethyl adjacent to an activating group) is 1.